The summed E-state index contributed by atoms with van der Waals surface area (Å²) < 4.78 is 0. The molecule has 0 aromatic carbocycles. The molecule has 1 aliphatic rings. The van der Waals surface area contributed by atoms with Crippen molar-refractivity contribution in [3.05, 3.63) is 16.8 Å². The molecule has 2 heterocycles. The Kier molecular flexibility index (Phi) is 3.30. The van der Waals surface area contributed by atoms with Crippen LogP contribution in [-0.4, -0.2) is 18.5 Å². The van der Waals surface area contributed by atoms with Gasteiger partial charge in [0.15, 0.2) is 0 Å². The Morgan fingerprint density at radius 2 is 2.44 bits per heavy atom. The van der Waals surface area contributed by atoms with Gasteiger partial charge in [0.2, 0.25) is 5.91 Å². The van der Waals surface area contributed by atoms with Crippen molar-refractivity contribution in [3.8, 4) is 0 Å². The summed E-state index contributed by atoms with van der Waals surface area (Å²) in [6.07, 6.45) is 2.25. The molecular weight excluding hydrogens is 220 g/mol. The van der Waals surface area contributed by atoms with Crippen LogP contribution < -0.4 is 10.6 Å². The third-order valence-corrected chi connectivity index (χ3v) is 3.86. The highest BCUT2D eigenvalue weighted by Crippen LogP contribution is 2.30. The highest BCUT2D eigenvalue weighted by molar-refractivity contribution is 7.08. The number of hydrogen-bond acceptors (Lipinski definition) is 3. The molecule has 3 nitrogen and oxygen atoms in total. The lowest BCUT2D eigenvalue weighted by molar-refractivity contribution is -0.121. The van der Waals surface area contributed by atoms with Crippen molar-refractivity contribution in [1.29, 1.82) is 0 Å². The maximum absolute atomic E-state index is 12.1. The minimum atomic E-state index is -0.0823. The number of carbonyl (C=O) groups is 1. The van der Waals surface area contributed by atoms with Crippen LogP contribution in [0.1, 0.15) is 26.7 Å². The van der Waals surface area contributed by atoms with E-state index in [1.807, 2.05) is 16.8 Å². The minimum absolute atomic E-state index is 0.0400. The maximum Gasteiger partial charge on any atom is 0.242 e. The Bertz CT molecular complexity index is 359. The number of anilines is 1. The summed E-state index contributed by atoms with van der Waals surface area (Å²) >= 11 is 1.59. The zero-order valence-electron chi connectivity index (χ0n) is 9.75. The SMILES string of the molecule is CC1(C)CCCNC1C(=O)Nc1ccsc1. The van der Waals surface area contributed by atoms with Gasteiger partial charge in [-0.1, -0.05) is 13.8 Å². The molecule has 1 saturated heterocycles. The van der Waals surface area contributed by atoms with E-state index >= 15 is 0 Å². The van der Waals surface area contributed by atoms with E-state index in [9.17, 15) is 4.79 Å². The van der Waals surface area contributed by atoms with Gasteiger partial charge >= 0.3 is 0 Å². The summed E-state index contributed by atoms with van der Waals surface area (Å²) in [4.78, 5) is 12.1. The van der Waals surface area contributed by atoms with E-state index in [0.717, 1.165) is 25.1 Å². The summed E-state index contributed by atoms with van der Waals surface area (Å²) in [6, 6.07) is 1.85. The normalized spacial score (nSPS) is 24.0. The maximum atomic E-state index is 12.1. The predicted molar refractivity (Wildman–Crippen MR) is 67.8 cm³/mol. The fourth-order valence-electron chi connectivity index (χ4n) is 2.21. The lowest BCUT2D eigenvalue weighted by Gasteiger charge is -2.38. The molecule has 1 aliphatic heterocycles. The van der Waals surface area contributed by atoms with Crippen molar-refractivity contribution in [2.45, 2.75) is 32.7 Å². The van der Waals surface area contributed by atoms with Crippen LogP contribution in [0.15, 0.2) is 16.8 Å². The molecule has 88 valence electrons. The van der Waals surface area contributed by atoms with Crippen molar-refractivity contribution in [3.63, 3.8) is 0 Å². The van der Waals surface area contributed by atoms with Gasteiger partial charge in [-0.3, -0.25) is 4.79 Å². The Morgan fingerprint density at radius 3 is 3.06 bits per heavy atom. The van der Waals surface area contributed by atoms with Gasteiger partial charge in [0.05, 0.1) is 11.7 Å². The van der Waals surface area contributed by atoms with E-state index in [0.29, 0.717) is 0 Å². The van der Waals surface area contributed by atoms with Gasteiger partial charge < -0.3 is 10.6 Å². The van der Waals surface area contributed by atoms with Crippen LogP contribution in [0.4, 0.5) is 5.69 Å². The number of carbonyl (C=O) groups excluding carboxylic acids is 1. The Morgan fingerprint density at radius 1 is 1.62 bits per heavy atom. The molecule has 16 heavy (non-hydrogen) atoms. The van der Waals surface area contributed by atoms with Gasteiger partial charge in [0.1, 0.15) is 0 Å². The molecule has 0 saturated carbocycles. The second-order valence-corrected chi connectivity index (χ2v) is 5.76. The molecule has 1 atom stereocenters. The number of thiophene rings is 1. The highest BCUT2D eigenvalue weighted by atomic mass is 32.1. The molecule has 1 unspecified atom stereocenters. The standard InChI is InChI=1S/C12H18N2OS/c1-12(2)5-3-6-13-10(12)11(15)14-9-4-7-16-8-9/h4,7-8,10,13H,3,5-6H2,1-2H3,(H,14,15). The average Bonchev–Trinajstić information content (AvgIpc) is 2.69. The Labute approximate surface area is 100 Å². The summed E-state index contributed by atoms with van der Waals surface area (Å²) in [5.41, 5.74) is 0.941. The fraction of sp³-hybridized carbons (Fsp3) is 0.583. The molecule has 0 radical (unpaired) electrons. The van der Waals surface area contributed by atoms with Crippen LogP contribution >= 0.6 is 11.3 Å². The summed E-state index contributed by atoms with van der Waals surface area (Å²) in [5.74, 6) is 0.0862. The second-order valence-electron chi connectivity index (χ2n) is 4.98. The quantitative estimate of drug-likeness (QED) is 0.831. The van der Waals surface area contributed by atoms with Gasteiger partial charge in [-0.05, 0) is 36.2 Å². The largest absolute Gasteiger partial charge is 0.324 e. The predicted octanol–water partition coefficient (Wildman–Crippen LogP) is 2.46. The first-order chi connectivity index (χ1) is 7.59. The first-order valence-electron chi connectivity index (χ1n) is 5.66. The topological polar surface area (TPSA) is 41.1 Å². The van der Waals surface area contributed by atoms with E-state index in [4.69, 9.17) is 0 Å². The first kappa shape index (κ1) is 11.6. The number of hydrogen-bond donors (Lipinski definition) is 2. The van der Waals surface area contributed by atoms with E-state index in [2.05, 4.69) is 24.5 Å². The molecule has 2 rings (SSSR count). The lowest BCUT2D eigenvalue weighted by atomic mass is 9.77. The van der Waals surface area contributed by atoms with E-state index in [1.165, 1.54) is 0 Å². The van der Waals surface area contributed by atoms with Crippen molar-refractivity contribution < 1.29 is 4.79 Å². The highest BCUT2D eigenvalue weighted by Gasteiger charge is 2.36. The molecule has 1 aromatic heterocycles. The molecule has 1 amide bonds. The van der Waals surface area contributed by atoms with Gasteiger partial charge in [-0.15, -0.1) is 0 Å². The first-order valence-corrected chi connectivity index (χ1v) is 6.60. The van der Waals surface area contributed by atoms with Crippen LogP contribution in [0.25, 0.3) is 0 Å². The molecule has 0 aliphatic carbocycles. The van der Waals surface area contributed by atoms with Crippen LogP contribution in [0.2, 0.25) is 0 Å². The zero-order valence-corrected chi connectivity index (χ0v) is 10.6. The van der Waals surface area contributed by atoms with Gasteiger partial charge in [-0.2, -0.15) is 11.3 Å². The van der Waals surface area contributed by atoms with Crippen molar-refractivity contribution in [1.82, 2.24) is 5.32 Å². The van der Waals surface area contributed by atoms with E-state index < -0.39 is 0 Å². The van der Waals surface area contributed by atoms with E-state index in [-0.39, 0.29) is 17.4 Å². The molecule has 0 bridgehead atoms. The molecule has 0 spiro atoms. The Balaban J connectivity index is 2.03. The third-order valence-electron chi connectivity index (χ3n) is 3.18. The van der Waals surface area contributed by atoms with E-state index in [1.54, 1.807) is 11.3 Å². The zero-order chi connectivity index (χ0) is 11.6. The molecule has 1 fully saturated rings. The summed E-state index contributed by atoms with van der Waals surface area (Å²) in [7, 11) is 0. The summed E-state index contributed by atoms with van der Waals surface area (Å²) in [6.45, 7) is 5.24. The number of rotatable bonds is 2. The Hall–Kier alpha value is -0.870. The van der Waals surface area contributed by atoms with Crippen molar-refractivity contribution in [2.24, 2.45) is 5.41 Å². The minimum Gasteiger partial charge on any atom is -0.324 e. The molecule has 4 heteroatoms. The van der Waals surface area contributed by atoms with Crippen LogP contribution in [0.5, 0.6) is 0 Å². The third kappa shape index (κ3) is 2.44. The van der Waals surface area contributed by atoms with Gasteiger partial charge in [0, 0.05) is 5.38 Å². The molecule has 1 aromatic rings. The van der Waals surface area contributed by atoms with Crippen LogP contribution in [0.3, 0.4) is 0 Å². The number of piperidine rings is 1. The average molecular weight is 238 g/mol. The van der Waals surface area contributed by atoms with Crippen molar-refractivity contribution >= 4 is 22.9 Å². The lowest BCUT2D eigenvalue weighted by Crippen LogP contribution is -2.53. The van der Waals surface area contributed by atoms with Gasteiger partial charge in [0.25, 0.3) is 0 Å². The number of nitrogens with one attached hydrogen (secondary N) is 2. The number of amides is 1. The van der Waals surface area contributed by atoms with Gasteiger partial charge in [-0.25, -0.2) is 0 Å². The summed E-state index contributed by atoms with van der Waals surface area (Å²) in [5, 5.41) is 10.2. The van der Waals surface area contributed by atoms with Crippen LogP contribution in [0, 0.1) is 5.41 Å². The second kappa shape index (κ2) is 4.55. The smallest absolute Gasteiger partial charge is 0.242 e. The molecule has 2 N–H and O–H groups in total. The fourth-order valence-corrected chi connectivity index (χ4v) is 2.80. The van der Waals surface area contributed by atoms with Crippen LogP contribution in [-0.2, 0) is 4.79 Å². The molecular formula is C12H18N2OS. The monoisotopic (exact) mass is 238 g/mol. The van der Waals surface area contributed by atoms with Crippen molar-refractivity contribution in [2.75, 3.05) is 11.9 Å².